The number of ketones is 1. The number of rotatable bonds is 3. The Balaban J connectivity index is 2.23. The van der Waals surface area contributed by atoms with E-state index in [0.717, 1.165) is 12.8 Å². The van der Waals surface area contributed by atoms with Crippen molar-refractivity contribution < 1.29 is 14.3 Å². The first-order valence-corrected chi connectivity index (χ1v) is 5.70. The van der Waals surface area contributed by atoms with Crippen molar-refractivity contribution in [3.63, 3.8) is 0 Å². The van der Waals surface area contributed by atoms with Gasteiger partial charge in [-0.25, -0.2) is 0 Å². The van der Waals surface area contributed by atoms with Crippen LogP contribution in [0.3, 0.4) is 0 Å². The molecule has 0 aromatic carbocycles. The molecule has 0 atom stereocenters. The molecule has 0 N–H and O–H groups in total. The molecule has 2 rings (SSSR count). The van der Waals surface area contributed by atoms with Gasteiger partial charge in [-0.1, -0.05) is 0 Å². The zero-order chi connectivity index (χ0) is 10.7. The van der Waals surface area contributed by atoms with E-state index in [9.17, 15) is 4.79 Å². The molecule has 0 saturated carbocycles. The van der Waals surface area contributed by atoms with Gasteiger partial charge >= 0.3 is 0 Å². The van der Waals surface area contributed by atoms with E-state index in [-0.39, 0.29) is 5.78 Å². The van der Waals surface area contributed by atoms with E-state index >= 15 is 0 Å². The lowest BCUT2D eigenvalue weighted by Gasteiger charge is -2.13. The second kappa shape index (κ2) is 4.49. The Morgan fingerprint density at radius 1 is 1.60 bits per heavy atom. The maximum Gasteiger partial charge on any atom is 0.240 e. The minimum Gasteiger partial charge on any atom is -0.495 e. The quantitative estimate of drug-likeness (QED) is 0.740. The summed E-state index contributed by atoms with van der Waals surface area (Å²) >= 11 is 1.38. The first-order valence-electron chi connectivity index (χ1n) is 4.82. The van der Waals surface area contributed by atoms with E-state index in [4.69, 9.17) is 9.47 Å². The van der Waals surface area contributed by atoms with Crippen molar-refractivity contribution >= 4 is 17.1 Å². The number of Topliss-reactive ketones (excluding diaryl/α,β-unsaturated/α-hetero) is 1. The molecular formula is C11H12O3S. The van der Waals surface area contributed by atoms with Gasteiger partial charge in [-0.3, -0.25) is 4.79 Å². The van der Waals surface area contributed by atoms with Gasteiger partial charge < -0.3 is 9.47 Å². The van der Waals surface area contributed by atoms with Gasteiger partial charge in [-0.2, -0.15) is 0 Å². The molecule has 15 heavy (non-hydrogen) atoms. The van der Waals surface area contributed by atoms with Crippen LogP contribution in [0.2, 0.25) is 0 Å². The first-order chi connectivity index (χ1) is 7.33. The highest BCUT2D eigenvalue weighted by molar-refractivity contribution is 7.12. The van der Waals surface area contributed by atoms with Gasteiger partial charge in [0, 0.05) is 0 Å². The minimum atomic E-state index is -0.0680. The molecule has 0 amide bonds. The minimum absolute atomic E-state index is 0.0680. The second-order valence-electron chi connectivity index (χ2n) is 3.21. The van der Waals surface area contributed by atoms with Gasteiger partial charge in [0.1, 0.15) is 10.6 Å². The highest BCUT2D eigenvalue weighted by Crippen LogP contribution is 2.28. The molecule has 0 aliphatic carbocycles. The van der Waals surface area contributed by atoms with E-state index in [1.54, 1.807) is 13.2 Å². The SMILES string of the molecule is COc1ccsc1C(=O)C1=CCCCO1. The van der Waals surface area contributed by atoms with Crippen LogP contribution in [0.5, 0.6) is 5.75 Å². The number of thiophene rings is 1. The molecule has 80 valence electrons. The average molecular weight is 224 g/mol. The fraction of sp³-hybridized carbons (Fsp3) is 0.364. The summed E-state index contributed by atoms with van der Waals surface area (Å²) in [6.45, 7) is 0.630. The Morgan fingerprint density at radius 3 is 3.13 bits per heavy atom. The first kappa shape index (κ1) is 10.2. The maximum atomic E-state index is 12.0. The van der Waals surface area contributed by atoms with Gasteiger partial charge in [0.05, 0.1) is 13.7 Å². The Labute approximate surface area is 92.3 Å². The summed E-state index contributed by atoms with van der Waals surface area (Å²) in [6.07, 6.45) is 3.75. The molecule has 0 saturated heterocycles. The third kappa shape index (κ3) is 2.04. The molecule has 1 aliphatic heterocycles. The van der Waals surface area contributed by atoms with Crippen LogP contribution < -0.4 is 4.74 Å². The predicted molar refractivity (Wildman–Crippen MR) is 58.5 cm³/mol. The van der Waals surface area contributed by atoms with Gasteiger partial charge in [0.15, 0.2) is 5.76 Å². The summed E-state index contributed by atoms with van der Waals surface area (Å²) in [5, 5.41) is 1.84. The fourth-order valence-electron chi connectivity index (χ4n) is 1.45. The van der Waals surface area contributed by atoms with Crippen LogP contribution in [0.1, 0.15) is 22.5 Å². The van der Waals surface area contributed by atoms with E-state index < -0.39 is 0 Å². The smallest absolute Gasteiger partial charge is 0.240 e. The van der Waals surface area contributed by atoms with Gasteiger partial charge in [-0.05, 0) is 30.4 Å². The summed E-state index contributed by atoms with van der Waals surface area (Å²) in [5.41, 5.74) is 0. The van der Waals surface area contributed by atoms with Gasteiger partial charge in [0.2, 0.25) is 5.78 Å². The van der Waals surface area contributed by atoms with Crippen molar-refractivity contribution in [2.75, 3.05) is 13.7 Å². The Kier molecular flexibility index (Phi) is 3.06. The molecule has 0 fully saturated rings. The molecule has 3 nitrogen and oxygen atoms in total. The van der Waals surface area contributed by atoms with Crippen LogP contribution in [0.25, 0.3) is 0 Å². The number of ether oxygens (including phenoxy) is 2. The second-order valence-corrected chi connectivity index (χ2v) is 4.12. The van der Waals surface area contributed by atoms with E-state index in [1.807, 2.05) is 11.5 Å². The van der Waals surface area contributed by atoms with E-state index in [0.29, 0.717) is 23.0 Å². The number of hydrogen-bond donors (Lipinski definition) is 0. The van der Waals surface area contributed by atoms with Crippen molar-refractivity contribution in [3.05, 3.63) is 28.2 Å². The molecule has 2 heterocycles. The van der Waals surface area contributed by atoms with Crippen LogP contribution in [0.15, 0.2) is 23.3 Å². The van der Waals surface area contributed by atoms with Crippen molar-refractivity contribution in [2.24, 2.45) is 0 Å². The Bertz CT molecular complexity index is 392. The zero-order valence-corrected chi connectivity index (χ0v) is 9.30. The number of carbonyl (C=O) groups is 1. The lowest BCUT2D eigenvalue weighted by molar-refractivity contribution is 0.0900. The van der Waals surface area contributed by atoms with E-state index in [2.05, 4.69) is 0 Å². The summed E-state index contributed by atoms with van der Waals surface area (Å²) in [7, 11) is 1.56. The van der Waals surface area contributed by atoms with Crippen LogP contribution in [0.4, 0.5) is 0 Å². The standard InChI is InChI=1S/C11H12O3S/c1-13-9-5-7-15-11(9)10(12)8-4-2-3-6-14-8/h4-5,7H,2-3,6H2,1H3. The van der Waals surface area contributed by atoms with Crippen LogP contribution >= 0.6 is 11.3 Å². The third-order valence-electron chi connectivity index (χ3n) is 2.21. The van der Waals surface area contributed by atoms with Crippen LogP contribution in [0, 0.1) is 0 Å². The molecule has 1 aliphatic rings. The summed E-state index contributed by atoms with van der Waals surface area (Å²) in [6, 6.07) is 1.79. The number of hydrogen-bond acceptors (Lipinski definition) is 4. The van der Waals surface area contributed by atoms with Crippen molar-refractivity contribution in [3.8, 4) is 5.75 Å². The fourth-order valence-corrected chi connectivity index (χ4v) is 2.25. The van der Waals surface area contributed by atoms with Crippen molar-refractivity contribution in [1.29, 1.82) is 0 Å². The van der Waals surface area contributed by atoms with Crippen molar-refractivity contribution in [1.82, 2.24) is 0 Å². The average Bonchev–Trinajstić information content (AvgIpc) is 2.77. The lowest BCUT2D eigenvalue weighted by atomic mass is 10.2. The Hall–Kier alpha value is -1.29. The third-order valence-corrected chi connectivity index (χ3v) is 3.11. The molecule has 0 radical (unpaired) electrons. The zero-order valence-electron chi connectivity index (χ0n) is 8.49. The number of methoxy groups -OCH3 is 1. The highest BCUT2D eigenvalue weighted by atomic mass is 32.1. The molecule has 0 bridgehead atoms. The van der Waals surface area contributed by atoms with E-state index in [1.165, 1.54) is 11.3 Å². The summed E-state index contributed by atoms with van der Waals surface area (Å²) in [4.78, 5) is 12.6. The Morgan fingerprint density at radius 2 is 2.47 bits per heavy atom. The highest BCUT2D eigenvalue weighted by Gasteiger charge is 2.20. The van der Waals surface area contributed by atoms with Gasteiger partial charge in [-0.15, -0.1) is 11.3 Å². The molecule has 1 aromatic heterocycles. The predicted octanol–water partition coefficient (Wildman–Crippen LogP) is 2.63. The number of carbonyl (C=O) groups excluding carboxylic acids is 1. The van der Waals surface area contributed by atoms with Crippen LogP contribution in [-0.2, 0) is 4.74 Å². The monoisotopic (exact) mass is 224 g/mol. The van der Waals surface area contributed by atoms with Crippen LogP contribution in [-0.4, -0.2) is 19.5 Å². The summed E-state index contributed by atoms with van der Waals surface area (Å²) < 4.78 is 10.4. The molecule has 4 heteroatoms. The molecule has 1 aromatic rings. The lowest BCUT2D eigenvalue weighted by Crippen LogP contribution is -2.10. The summed E-state index contributed by atoms with van der Waals surface area (Å²) in [5.74, 6) is 1.02. The normalized spacial score (nSPS) is 15.4. The largest absolute Gasteiger partial charge is 0.495 e. The maximum absolute atomic E-state index is 12.0. The van der Waals surface area contributed by atoms with Crippen molar-refractivity contribution in [2.45, 2.75) is 12.8 Å². The van der Waals surface area contributed by atoms with Gasteiger partial charge in [0.25, 0.3) is 0 Å². The molecular weight excluding hydrogens is 212 g/mol. The molecule has 0 spiro atoms. The topological polar surface area (TPSA) is 35.5 Å². The molecule has 0 unspecified atom stereocenters. The number of allylic oxidation sites excluding steroid dienone is 2.